The highest BCUT2D eigenvalue weighted by atomic mass is 19.3. The van der Waals surface area contributed by atoms with E-state index in [2.05, 4.69) is 26.9 Å². The first-order valence-electron chi connectivity index (χ1n) is 12.4. The van der Waals surface area contributed by atoms with Gasteiger partial charge in [-0.15, -0.1) is 0 Å². The van der Waals surface area contributed by atoms with Gasteiger partial charge >= 0.3 is 12.6 Å². The van der Waals surface area contributed by atoms with Crippen LogP contribution in [0.15, 0.2) is 48.1 Å². The molecule has 1 saturated carbocycles. The van der Waals surface area contributed by atoms with Gasteiger partial charge in [-0.05, 0) is 50.7 Å². The van der Waals surface area contributed by atoms with E-state index in [4.69, 9.17) is 4.98 Å². The molecule has 194 valence electrons. The van der Waals surface area contributed by atoms with Crippen molar-refractivity contribution in [1.29, 1.82) is 0 Å². The van der Waals surface area contributed by atoms with Crippen LogP contribution < -0.4 is 5.32 Å². The van der Waals surface area contributed by atoms with E-state index in [1.54, 1.807) is 12.2 Å². The Morgan fingerprint density at radius 3 is 2.70 bits per heavy atom. The second-order valence-electron chi connectivity index (χ2n) is 9.70. The highest BCUT2D eigenvalue weighted by molar-refractivity contribution is 5.92. The maximum absolute atomic E-state index is 12.6. The van der Waals surface area contributed by atoms with Gasteiger partial charge in [0.25, 0.3) is 0 Å². The molecule has 0 saturated heterocycles. The molecule has 8 nitrogen and oxygen atoms in total. The summed E-state index contributed by atoms with van der Waals surface area (Å²) in [5.41, 5.74) is 3.68. The van der Waals surface area contributed by atoms with Crippen LogP contribution in [0.3, 0.4) is 0 Å². The van der Waals surface area contributed by atoms with Crippen molar-refractivity contribution in [3.8, 4) is 11.4 Å². The SMILES string of the molecule is Cc1cccc(-c2nc3nc(C(=O)O)nc(NC(C)C4CCC4)c3n2CC2=CCC(OC(F)F)C=C2)c1. The summed E-state index contributed by atoms with van der Waals surface area (Å²) < 4.78 is 31.9. The minimum atomic E-state index is -2.83. The number of anilines is 1. The molecule has 2 aromatic heterocycles. The molecule has 2 aliphatic carbocycles. The van der Waals surface area contributed by atoms with Crippen molar-refractivity contribution >= 4 is 23.0 Å². The third-order valence-corrected chi connectivity index (χ3v) is 7.05. The minimum absolute atomic E-state index is 0.0975. The topological polar surface area (TPSA) is 102 Å². The Hall–Kier alpha value is -3.66. The van der Waals surface area contributed by atoms with Crippen molar-refractivity contribution in [2.45, 2.75) is 64.8 Å². The number of carbonyl (C=O) groups is 1. The Morgan fingerprint density at radius 1 is 1.27 bits per heavy atom. The predicted molar refractivity (Wildman–Crippen MR) is 136 cm³/mol. The number of hydrogen-bond donors (Lipinski definition) is 2. The summed E-state index contributed by atoms with van der Waals surface area (Å²) in [4.78, 5) is 25.3. The summed E-state index contributed by atoms with van der Waals surface area (Å²) in [6, 6.07) is 7.97. The van der Waals surface area contributed by atoms with Gasteiger partial charge < -0.3 is 19.7 Å². The number of allylic oxidation sites excluding steroid dienone is 2. The Labute approximate surface area is 213 Å². The van der Waals surface area contributed by atoms with Gasteiger partial charge in [0.1, 0.15) is 11.3 Å². The van der Waals surface area contributed by atoms with Crippen molar-refractivity contribution in [3.05, 3.63) is 59.5 Å². The van der Waals surface area contributed by atoms with Crippen LogP contribution in [0.5, 0.6) is 0 Å². The summed E-state index contributed by atoms with van der Waals surface area (Å²) in [6.07, 6.45) is 8.33. The zero-order chi connectivity index (χ0) is 26.1. The summed E-state index contributed by atoms with van der Waals surface area (Å²) in [6.45, 7) is 1.61. The molecule has 5 rings (SSSR count). The van der Waals surface area contributed by atoms with Gasteiger partial charge in [0, 0.05) is 18.2 Å². The Kier molecular flexibility index (Phi) is 7.01. The number of aromatic carboxylic acids is 1. The Balaban J connectivity index is 1.61. The first-order chi connectivity index (χ1) is 17.8. The molecular formula is C27H29F2N5O3. The number of hydrogen-bond acceptors (Lipinski definition) is 6. The third kappa shape index (κ3) is 5.39. The molecule has 0 aliphatic heterocycles. The molecule has 3 aromatic rings. The Bertz CT molecular complexity index is 1380. The van der Waals surface area contributed by atoms with E-state index in [0.29, 0.717) is 36.0 Å². The standard InChI is InChI=1S/C27H29F2N5O3/c1-15-5-3-8-19(13-15)25-33-23-21(34(25)14-17-9-11-20(12-10-17)37-27(28)29)22(31-24(32-23)26(35)36)30-16(2)18-6-4-7-18/h3,5,8-11,13,16,18,20,27H,4,6-7,12,14H2,1-2H3,(H,35,36)(H,30,31,32). The molecule has 0 bridgehead atoms. The molecule has 2 N–H and O–H groups in total. The van der Waals surface area contributed by atoms with Crippen molar-refractivity contribution in [3.63, 3.8) is 0 Å². The number of aromatic nitrogens is 4. The fourth-order valence-electron chi connectivity index (χ4n) is 4.84. The molecular weight excluding hydrogens is 480 g/mol. The summed E-state index contributed by atoms with van der Waals surface area (Å²) in [5.74, 6) is -0.0137. The number of aryl methyl sites for hydroxylation is 1. The molecule has 2 atom stereocenters. The second kappa shape index (κ2) is 10.4. The van der Waals surface area contributed by atoms with E-state index in [1.165, 1.54) is 6.42 Å². The maximum Gasteiger partial charge on any atom is 0.374 e. The minimum Gasteiger partial charge on any atom is -0.475 e. The van der Waals surface area contributed by atoms with Crippen LogP contribution in [0, 0.1) is 12.8 Å². The normalized spacial score (nSPS) is 18.6. The van der Waals surface area contributed by atoms with Crippen LogP contribution in [-0.2, 0) is 11.3 Å². The number of carboxylic acid groups (broad SMARTS) is 1. The lowest BCUT2D eigenvalue weighted by atomic mass is 9.80. The van der Waals surface area contributed by atoms with Gasteiger partial charge in [-0.2, -0.15) is 8.78 Å². The Morgan fingerprint density at radius 2 is 2.08 bits per heavy atom. The van der Waals surface area contributed by atoms with Crippen LogP contribution in [0.2, 0.25) is 0 Å². The zero-order valence-electron chi connectivity index (χ0n) is 20.7. The van der Waals surface area contributed by atoms with Gasteiger partial charge in [0.2, 0.25) is 5.82 Å². The summed E-state index contributed by atoms with van der Waals surface area (Å²) in [7, 11) is 0. The van der Waals surface area contributed by atoms with Gasteiger partial charge in [-0.25, -0.2) is 19.7 Å². The maximum atomic E-state index is 12.6. The predicted octanol–water partition coefficient (Wildman–Crippen LogP) is 5.59. The largest absolute Gasteiger partial charge is 0.475 e. The average molecular weight is 510 g/mol. The van der Waals surface area contributed by atoms with Crippen LogP contribution in [0.25, 0.3) is 22.6 Å². The summed E-state index contributed by atoms with van der Waals surface area (Å²) in [5, 5.41) is 13.1. The number of alkyl halides is 2. The molecule has 10 heteroatoms. The van der Waals surface area contributed by atoms with Gasteiger partial charge in [0.05, 0.1) is 6.10 Å². The fourth-order valence-corrected chi connectivity index (χ4v) is 4.84. The smallest absolute Gasteiger partial charge is 0.374 e. The van der Waals surface area contributed by atoms with Crippen LogP contribution in [-0.4, -0.2) is 49.4 Å². The first kappa shape index (κ1) is 25.0. The lowest BCUT2D eigenvalue weighted by Gasteiger charge is -2.32. The van der Waals surface area contributed by atoms with Crippen LogP contribution in [0.1, 0.15) is 48.8 Å². The molecule has 2 unspecified atom stereocenters. The highest BCUT2D eigenvalue weighted by Gasteiger charge is 2.27. The molecule has 37 heavy (non-hydrogen) atoms. The quantitative estimate of drug-likeness (QED) is 0.387. The van der Waals surface area contributed by atoms with Gasteiger partial charge in [0.15, 0.2) is 11.5 Å². The van der Waals surface area contributed by atoms with Crippen LogP contribution >= 0.6 is 0 Å². The van der Waals surface area contributed by atoms with Crippen molar-refractivity contribution in [2.75, 3.05) is 5.32 Å². The number of rotatable bonds is 9. The number of ether oxygens (including phenoxy) is 1. The second-order valence-corrected chi connectivity index (χ2v) is 9.70. The number of nitrogens with one attached hydrogen (secondary N) is 1. The van der Waals surface area contributed by atoms with Gasteiger partial charge in [-0.3, -0.25) is 0 Å². The monoisotopic (exact) mass is 509 g/mol. The van der Waals surface area contributed by atoms with E-state index in [9.17, 15) is 18.7 Å². The zero-order valence-corrected chi connectivity index (χ0v) is 20.7. The average Bonchev–Trinajstić information content (AvgIpc) is 3.17. The van der Waals surface area contributed by atoms with Crippen molar-refractivity contribution in [2.24, 2.45) is 5.92 Å². The molecule has 1 aromatic carbocycles. The van der Waals surface area contributed by atoms with Crippen molar-refractivity contribution < 1.29 is 23.4 Å². The van der Waals surface area contributed by atoms with Crippen LogP contribution in [0.4, 0.5) is 14.6 Å². The number of imidazole rings is 1. The first-order valence-corrected chi connectivity index (χ1v) is 12.4. The third-order valence-electron chi connectivity index (χ3n) is 7.05. The number of nitrogens with zero attached hydrogens (tertiary/aromatic N) is 4. The van der Waals surface area contributed by atoms with E-state index in [1.807, 2.05) is 41.8 Å². The fraction of sp³-hybridized carbons (Fsp3) is 0.407. The highest BCUT2D eigenvalue weighted by Crippen LogP contribution is 2.34. The molecule has 2 aliphatic rings. The molecule has 0 radical (unpaired) electrons. The molecule has 0 spiro atoms. The number of carboxylic acids is 1. The van der Waals surface area contributed by atoms with Gasteiger partial charge in [-0.1, -0.05) is 48.4 Å². The number of fused-ring (bicyclic) bond motifs is 1. The lowest BCUT2D eigenvalue weighted by Crippen LogP contribution is -2.31. The van der Waals surface area contributed by atoms with Crippen molar-refractivity contribution in [1.82, 2.24) is 19.5 Å². The van der Waals surface area contributed by atoms with E-state index in [0.717, 1.165) is 29.5 Å². The lowest BCUT2D eigenvalue weighted by molar-refractivity contribution is -0.149. The molecule has 2 heterocycles. The van der Waals surface area contributed by atoms with E-state index < -0.39 is 18.7 Å². The number of benzene rings is 1. The number of halogens is 2. The molecule has 1 fully saturated rings. The summed E-state index contributed by atoms with van der Waals surface area (Å²) >= 11 is 0. The molecule has 0 amide bonds. The van der Waals surface area contributed by atoms with E-state index in [-0.39, 0.29) is 17.5 Å². The van der Waals surface area contributed by atoms with E-state index >= 15 is 0 Å².